The predicted octanol–water partition coefficient (Wildman–Crippen LogP) is 1.92. The van der Waals surface area contributed by atoms with E-state index in [-0.39, 0.29) is 31.0 Å². The average Bonchev–Trinajstić information content (AvgIpc) is 2.47. The molecule has 5 heteroatoms. The maximum Gasteiger partial charge on any atom is 0.258 e. The van der Waals surface area contributed by atoms with E-state index in [1.807, 2.05) is 24.3 Å². The van der Waals surface area contributed by atoms with Crippen LogP contribution in [0.3, 0.4) is 0 Å². The molecule has 1 heterocycles. The van der Waals surface area contributed by atoms with E-state index in [0.29, 0.717) is 0 Å². The van der Waals surface area contributed by atoms with Crippen molar-refractivity contribution in [3.8, 4) is 5.75 Å². The molecule has 1 amide bonds. The number of carbonyl (C=O) groups is 1. The van der Waals surface area contributed by atoms with Gasteiger partial charge in [-0.3, -0.25) is 4.79 Å². The first kappa shape index (κ1) is 16.8. The summed E-state index contributed by atoms with van der Waals surface area (Å²) in [5.41, 5.74) is 1.27. The predicted molar refractivity (Wildman–Crippen MR) is 82.6 cm³/mol. The maximum atomic E-state index is 11.7. The molecule has 0 saturated carbocycles. The Morgan fingerprint density at radius 1 is 1.40 bits per heavy atom. The van der Waals surface area contributed by atoms with Crippen molar-refractivity contribution in [1.82, 2.24) is 10.6 Å². The Morgan fingerprint density at radius 2 is 2.15 bits per heavy atom. The molecule has 0 spiro atoms. The molecular weight excluding hydrogens is 276 g/mol. The lowest BCUT2D eigenvalue weighted by Gasteiger charge is -2.23. The number of aryl methyl sites for hydroxylation is 1. The van der Waals surface area contributed by atoms with Gasteiger partial charge >= 0.3 is 0 Å². The van der Waals surface area contributed by atoms with Gasteiger partial charge in [-0.15, -0.1) is 12.4 Å². The average molecular weight is 299 g/mol. The number of carbonyl (C=O) groups excluding carboxylic acids is 1. The summed E-state index contributed by atoms with van der Waals surface area (Å²) in [6.07, 6.45) is 3.17. The molecule has 1 saturated heterocycles. The number of ether oxygens (including phenoxy) is 1. The van der Waals surface area contributed by atoms with Crippen LogP contribution in [0.5, 0.6) is 5.75 Å². The van der Waals surface area contributed by atoms with Crippen molar-refractivity contribution >= 4 is 18.3 Å². The van der Waals surface area contributed by atoms with Crippen molar-refractivity contribution in [2.45, 2.75) is 32.2 Å². The van der Waals surface area contributed by atoms with Gasteiger partial charge < -0.3 is 15.4 Å². The third-order valence-electron chi connectivity index (χ3n) is 3.36. The number of amides is 1. The van der Waals surface area contributed by atoms with E-state index in [9.17, 15) is 4.79 Å². The first-order chi connectivity index (χ1) is 9.28. The first-order valence-electron chi connectivity index (χ1n) is 6.99. The zero-order chi connectivity index (χ0) is 13.5. The summed E-state index contributed by atoms with van der Waals surface area (Å²) in [7, 11) is 0. The van der Waals surface area contributed by atoms with Crippen LogP contribution in [-0.2, 0) is 11.2 Å². The van der Waals surface area contributed by atoms with Crippen LogP contribution in [0, 0.1) is 0 Å². The van der Waals surface area contributed by atoms with Crippen LogP contribution in [0.4, 0.5) is 0 Å². The van der Waals surface area contributed by atoms with Crippen molar-refractivity contribution in [2.75, 3.05) is 19.7 Å². The summed E-state index contributed by atoms with van der Waals surface area (Å²) in [6, 6.07) is 8.12. The van der Waals surface area contributed by atoms with E-state index in [1.165, 1.54) is 5.56 Å². The molecule has 1 aromatic carbocycles. The second kappa shape index (κ2) is 8.82. The molecule has 0 aliphatic carbocycles. The van der Waals surface area contributed by atoms with Crippen molar-refractivity contribution in [3.05, 3.63) is 29.8 Å². The molecule has 0 bridgehead atoms. The molecule has 1 aliphatic heterocycles. The number of hydrogen-bond donors (Lipinski definition) is 2. The van der Waals surface area contributed by atoms with E-state index in [1.54, 1.807) is 0 Å². The number of piperidine rings is 1. The Kier molecular flexibility index (Phi) is 7.41. The highest BCUT2D eigenvalue weighted by Gasteiger charge is 2.15. The molecule has 0 aromatic heterocycles. The van der Waals surface area contributed by atoms with Gasteiger partial charge in [-0.25, -0.2) is 0 Å². The number of hydrogen-bond acceptors (Lipinski definition) is 3. The lowest BCUT2D eigenvalue weighted by atomic mass is 10.1. The summed E-state index contributed by atoms with van der Waals surface area (Å²) in [5, 5.41) is 6.26. The fourth-order valence-electron chi connectivity index (χ4n) is 2.21. The van der Waals surface area contributed by atoms with E-state index in [2.05, 4.69) is 17.6 Å². The van der Waals surface area contributed by atoms with Gasteiger partial charge in [0.05, 0.1) is 0 Å². The van der Waals surface area contributed by atoms with E-state index in [4.69, 9.17) is 4.74 Å². The smallest absolute Gasteiger partial charge is 0.258 e. The number of rotatable bonds is 5. The van der Waals surface area contributed by atoms with Gasteiger partial charge in [0.15, 0.2) is 6.61 Å². The van der Waals surface area contributed by atoms with E-state index in [0.717, 1.165) is 38.1 Å². The van der Waals surface area contributed by atoms with Gasteiger partial charge in [0.1, 0.15) is 5.75 Å². The fourth-order valence-corrected chi connectivity index (χ4v) is 2.21. The van der Waals surface area contributed by atoms with Crippen molar-refractivity contribution in [1.29, 1.82) is 0 Å². The largest absolute Gasteiger partial charge is 0.484 e. The van der Waals surface area contributed by atoms with Crippen LogP contribution in [0.25, 0.3) is 0 Å². The highest BCUT2D eigenvalue weighted by molar-refractivity contribution is 5.85. The molecule has 1 fully saturated rings. The van der Waals surface area contributed by atoms with Gasteiger partial charge in [0, 0.05) is 12.6 Å². The highest BCUT2D eigenvalue weighted by atomic mass is 35.5. The zero-order valence-electron chi connectivity index (χ0n) is 11.9. The lowest BCUT2D eigenvalue weighted by Crippen LogP contribution is -2.46. The van der Waals surface area contributed by atoms with Crippen LogP contribution in [0.15, 0.2) is 24.3 Å². The summed E-state index contributed by atoms with van der Waals surface area (Å²) >= 11 is 0. The molecular formula is C15H23ClN2O2. The molecule has 2 rings (SSSR count). The van der Waals surface area contributed by atoms with Gasteiger partial charge in [-0.05, 0) is 43.5 Å². The minimum atomic E-state index is -0.0479. The topological polar surface area (TPSA) is 50.4 Å². The van der Waals surface area contributed by atoms with Crippen LogP contribution in [0.2, 0.25) is 0 Å². The number of benzene rings is 1. The monoisotopic (exact) mass is 298 g/mol. The van der Waals surface area contributed by atoms with Gasteiger partial charge in [-0.2, -0.15) is 0 Å². The quantitative estimate of drug-likeness (QED) is 0.873. The molecule has 0 unspecified atom stereocenters. The molecule has 1 atom stereocenters. The maximum absolute atomic E-state index is 11.7. The minimum Gasteiger partial charge on any atom is -0.484 e. The number of halogens is 1. The molecule has 4 nitrogen and oxygen atoms in total. The summed E-state index contributed by atoms with van der Waals surface area (Å²) in [6.45, 7) is 4.10. The Balaban J connectivity index is 0.00000200. The van der Waals surface area contributed by atoms with Crippen LogP contribution in [-0.4, -0.2) is 31.6 Å². The molecule has 2 N–H and O–H groups in total. The van der Waals surface area contributed by atoms with Crippen LogP contribution in [0.1, 0.15) is 25.3 Å². The number of nitrogens with one attached hydrogen (secondary N) is 2. The normalized spacial score (nSPS) is 17.9. The summed E-state index contributed by atoms with van der Waals surface area (Å²) in [4.78, 5) is 11.7. The Morgan fingerprint density at radius 3 is 2.75 bits per heavy atom. The van der Waals surface area contributed by atoms with Crippen molar-refractivity contribution in [2.24, 2.45) is 0 Å². The molecule has 1 aromatic rings. The fraction of sp³-hybridized carbons (Fsp3) is 0.533. The van der Waals surface area contributed by atoms with Crippen molar-refractivity contribution in [3.63, 3.8) is 0 Å². The first-order valence-corrected chi connectivity index (χ1v) is 6.99. The van der Waals surface area contributed by atoms with E-state index >= 15 is 0 Å². The van der Waals surface area contributed by atoms with Gasteiger partial charge in [0.2, 0.25) is 0 Å². The Bertz CT molecular complexity index is 403. The summed E-state index contributed by atoms with van der Waals surface area (Å²) in [5.74, 6) is 0.697. The summed E-state index contributed by atoms with van der Waals surface area (Å²) < 4.78 is 5.48. The van der Waals surface area contributed by atoms with E-state index < -0.39 is 0 Å². The Labute approximate surface area is 126 Å². The minimum absolute atomic E-state index is 0. The third kappa shape index (κ3) is 5.39. The molecule has 1 aliphatic rings. The van der Waals surface area contributed by atoms with Crippen molar-refractivity contribution < 1.29 is 9.53 Å². The zero-order valence-corrected chi connectivity index (χ0v) is 12.7. The molecule has 0 radical (unpaired) electrons. The second-order valence-corrected chi connectivity index (χ2v) is 4.90. The molecule has 20 heavy (non-hydrogen) atoms. The highest BCUT2D eigenvalue weighted by Crippen LogP contribution is 2.12. The SMILES string of the molecule is CCc1ccc(OCC(=O)N[C@H]2CCCNC2)cc1.Cl. The Hall–Kier alpha value is -1.26. The van der Waals surface area contributed by atoms with Crippen LogP contribution < -0.4 is 15.4 Å². The third-order valence-corrected chi connectivity index (χ3v) is 3.36. The van der Waals surface area contributed by atoms with Gasteiger partial charge in [0.25, 0.3) is 5.91 Å². The standard InChI is InChI=1S/C15H22N2O2.ClH/c1-2-12-5-7-14(8-6-12)19-11-15(18)17-13-4-3-9-16-10-13;/h5-8,13,16H,2-4,9-11H2,1H3,(H,17,18);1H/t13-;/m0./s1. The lowest BCUT2D eigenvalue weighted by molar-refractivity contribution is -0.123. The van der Waals surface area contributed by atoms with Crippen LogP contribution >= 0.6 is 12.4 Å². The second-order valence-electron chi connectivity index (χ2n) is 4.90. The molecule has 112 valence electrons. The van der Waals surface area contributed by atoms with Gasteiger partial charge in [-0.1, -0.05) is 19.1 Å².